The van der Waals surface area contributed by atoms with Crippen molar-refractivity contribution in [3.8, 4) is 0 Å². The zero-order valence-electron chi connectivity index (χ0n) is 15.9. The average Bonchev–Trinajstić information content (AvgIpc) is 2.59. The van der Waals surface area contributed by atoms with Gasteiger partial charge in [0.05, 0.1) is 18.5 Å². The number of nitrogens with zero attached hydrogens (tertiary/aromatic N) is 1. The first-order chi connectivity index (χ1) is 12.6. The molecule has 27 heavy (non-hydrogen) atoms. The van der Waals surface area contributed by atoms with Crippen LogP contribution in [0.4, 0.5) is 5.69 Å². The van der Waals surface area contributed by atoms with Crippen LogP contribution in [0.5, 0.6) is 0 Å². The lowest BCUT2D eigenvalue weighted by Crippen LogP contribution is -2.38. The molecule has 1 N–H and O–H groups in total. The fourth-order valence-corrected chi connectivity index (χ4v) is 3.54. The van der Waals surface area contributed by atoms with Gasteiger partial charge in [-0.15, -0.1) is 0 Å². The molecule has 0 unspecified atom stereocenters. The molecular weight excluding hydrogens is 364 g/mol. The second-order valence-electron chi connectivity index (χ2n) is 6.50. The number of hydrogen-bond donors (Lipinski definition) is 1. The van der Waals surface area contributed by atoms with Crippen LogP contribution >= 0.6 is 0 Å². The van der Waals surface area contributed by atoms with Gasteiger partial charge in [-0.25, -0.2) is 8.42 Å². The van der Waals surface area contributed by atoms with Crippen molar-refractivity contribution in [2.24, 2.45) is 0 Å². The Hall–Kier alpha value is -2.67. The fourth-order valence-electron chi connectivity index (χ4n) is 2.62. The summed E-state index contributed by atoms with van der Waals surface area (Å²) in [5.41, 5.74) is 3.47. The second kappa shape index (κ2) is 8.35. The molecule has 0 heterocycles. The molecule has 2 aromatic carbocycles. The highest BCUT2D eigenvalue weighted by molar-refractivity contribution is 7.92. The van der Waals surface area contributed by atoms with Gasteiger partial charge in [0.25, 0.3) is 5.91 Å². The Morgan fingerprint density at radius 3 is 2.30 bits per heavy atom. The topological polar surface area (TPSA) is 83.6 Å². The van der Waals surface area contributed by atoms with Crippen molar-refractivity contribution in [3.05, 3.63) is 64.7 Å². The lowest BCUT2D eigenvalue weighted by Gasteiger charge is -2.23. The van der Waals surface area contributed by atoms with Crippen molar-refractivity contribution < 1.29 is 18.0 Å². The number of anilines is 1. The normalized spacial score (nSPS) is 11.1. The van der Waals surface area contributed by atoms with E-state index >= 15 is 0 Å². The van der Waals surface area contributed by atoms with Crippen molar-refractivity contribution in [2.45, 2.75) is 20.8 Å². The van der Waals surface area contributed by atoms with Crippen LogP contribution in [0.2, 0.25) is 0 Å². The first-order valence-corrected chi connectivity index (χ1v) is 10.4. The van der Waals surface area contributed by atoms with Gasteiger partial charge in [0.2, 0.25) is 10.0 Å². The summed E-state index contributed by atoms with van der Waals surface area (Å²) in [6, 6.07) is 11.8. The van der Waals surface area contributed by atoms with Crippen molar-refractivity contribution in [2.75, 3.05) is 23.7 Å². The van der Waals surface area contributed by atoms with Crippen LogP contribution in [0.25, 0.3) is 0 Å². The van der Waals surface area contributed by atoms with Gasteiger partial charge in [-0.1, -0.05) is 18.2 Å². The van der Waals surface area contributed by atoms with E-state index in [2.05, 4.69) is 5.32 Å². The quantitative estimate of drug-likeness (QED) is 0.739. The minimum atomic E-state index is -3.56. The maximum Gasteiger partial charge on any atom is 0.251 e. The average molecular weight is 388 g/mol. The summed E-state index contributed by atoms with van der Waals surface area (Å²) in [5, 5.41) is 2.74. The molecule has 1 amide bonds. The SMILES string of the molecule is CC(=O)c1cccc(N(CCNC(=O)c2ccc(C)c(C)c2)S(C)(=O)=O)c1. The Labute approximate surface area is 160 Å². The third-order valence-electron chi connectivity index (χ3n) is 4.31. The van der Waals surface area contributed by atoms with Crippen LogP contribution in [-0.4, -0.2) is 39.5 Å². The number of Topliss-reactive ketones (excluding diaryl/α,β-unsaturated/α-hetero) is 1. The number of carbonyl (C=O) groups is 2. The van der Waals surface area contributed by atoms with Crippen LogP contribution in [0.1, 0.15) is 38.8 Å². The molecule has 0 aliphatic heterocycles. The highest BCUT2D eigenvalue weighted by Crippen LogP contribution is 2.19. The highest BCUT2D eigenvalue weighted by Gasteiger charge is 2.18. The predicted octanol–water partition coefficient (Wildman–Crippen LogP) is 2.70. The minimum absolute atomic E-state index is 0.0662. The second-order valence-corrected chi connectivity index (χ2v) is 8.40. The van der Waals surface area contributed by atoms with Gasteiger partial charge in [0.1, 0.15) is 0 Å². The number of ketones is 1. The van der Waals surface area contributed by atoms with Gasteiger partial charge in [-0.2, -0.15) is 0 Å². The fraction of sp³-hybridized carbons (Fsp3) is 0.300. The summed E-state index contributed by atoms with van der Waals surface area (Å²) in [7, 11) is -3.56. The van der Waals surface area contributed by atoms with Crippen LogP contribution in [0, 0.1) is 13.8 Å². The first-order valence-electron chi connectivity index (χ1n) is 8.54. The van der Waals surface area contributed by atoms with E-state index in [1.807, 2.05) is 19.9 Å². The maximum absolute atomic E-state index is 12.3. The number of aryl methyl sites for hydroxylation is 2. The van der Waals surface area contributed by atoms with Crippen LogP contribution in [0.15, 0.2) is 42.5 Å². The molecule has 0 bridgehead atoms. The van der Waals surface area contributed by atoms with E-state index in [0.717, 1.165) is 17.4 Å². The molecular formula is C20H24N2O4S. The molecule has 0 aliphatic carbocycles. The monoisotopic (exact) mass is 388 g/mol. The predicted molar refractivity (Wildman–Crippen MR) is 107 cm³/mol. The Kier molecular flexibility index (Phi) is 6.38. The van der Waals surface area contributed by atoms with Gasteiger partial charge in [0, 0.05) is 17.7 Å². The lowest BCUT2D eigenvalue weighted by molar-refractivity contribution is 0.0953. The molecule has 2 rings (SSSR count). The zero-order chi connectivity index (χ0) is 20.2. The number of hydrogen-bond acceptors (Lipinski definition) is 4. The van der Waals surface area contributed by atoms with Crippen LogP contribution < -0.4 is 9.62 Å². The lowest BCUT2D eigenvalue weighted by atomic mass is 10.1. The smallest absolute Gasteiger partial charge is 0.251 e. The number of amides is 1. The highest BCUT2D eigenvalue weighted by atomic mass is 32.2. The number of sulfonamides is 1. The number of nitrogens with one attached hydrogen (secondary N) is 1. The van der Waals surface area contributed by atoms with E-state index in [1.54, 1.807) is 30.3 Å². The number of benzene rings is 2. The third kappa shape index (κ3) is 5.40. The van der Waals surface area contributed by atoms with Gasteiger partial charge >= 0.3 is 0 Å². The molecule has 6 nitrogen and oxygen atoms in total. The summed E-state index contributed by atoms with van der Waals surface area (Å²) >= 11 is 0. The Bertz CT molecular complexity index is 968. The van der Waals surface area contributed by atoms with Crippen molar-refractivity contribution in [1.82, 2.24) is 5.32 Å². The standard InChI is InChI=1S/C20H24N2O4S/c1-14-8-9-18(12-15(14)2)20(24)21-10-11-22(27(4,25)26)19-7-5-6-17(13-19)16(3)23/h5-9,12-13H,10-11H2,1-4H3,(H,21,24). The van der Waals surface area contributed by atoms with E-state index in [0.29, 0.717) is 16.8 Å². The van der Waals surface area contributed by atoms with E-state index in [9.17, 15) is 18.0 Å². The van der Waals surface area contributed by atoms with Gasteiger partial charge < -0.3 is 5.32 Å². The van der Waals surface area contributed by atoms with Crippen LogP contribution in [-0.2, 0) is 10.0 Å². The molecule has 0 saturated heterocycles. The molecule has 0 saturated carbocycles. The molecule has 0 atom stereocenters. The van der Waals surface area contributed by atoms with Crippen LogP contribution in [0.3, 0.4) is 0 Å². The summed E-state index contributed by atoms with van der Waals surface area (Å²) in [6.07, 6.45) is 1.10. The van der Waals surface area contributed by atoms with E-state index in [4.69, 9.17) is 0 Å². The van der Waals surface area contributed by atoms with Crippen molar-refractivity contribution in [3.63, 3.8) is 0 Å². The van der Waals surface area contributed by atoms with Gasteiger partial charge in [-0.3, -0.25) is 13.9 Å². The van der Waals surface area contributed by atoms with Gasteiger partial charge in [0.15, 0.2) is 5.78 Å². The minimum Gasteiger partial charge on any atom is -0.350 e. The first kappa shape index (κ1) is 20.6. The molecule has 0 aliphatic rings. The largest absolute Gasteiger partial charge is 0.350 e. The number of rotatable bonds is 7. The summed E-state index contributed by atoms with van der Waals surface area (Å²) in [6.45, 7) is 5.53. The van der Waals surface area contributed by atoms with E-state index in [1.165, 1.54) is 17.3 Å². The molecule has 144 valence electrons. The number of carbonyl (C=O) groups excluding carboxylic acids is 2. The summed E-state index contributed by atoms with van der Waals surface area (Å²) in [4.78, 5) is 23.9. The molecule has 7 heteroatoms. The van der Waals surface area contributed by atoms with Crippen molar-refractivity contribution in [1.29, 1.82) is 0 Å². The Morgan fingerprint density at radius 1 is 1.00 bits per heavy atom. The Balaban J connectivity index is 2.11. The van der Waals surface area contributed by atoms with E-state index < -0.39 is 10.0 Å². The summed E-state index contributed by atoms with van der Waals surface area (Å²) in [5.74, 6) is -0.405. The van der Waals surface area contributed by atoms with E-state index in [-0.39, 0.29) is 24.8 Å². The molecule has 0 radical (unpaired) electrons. The van der Waals surface area contributed by atoms with Crippen molar-refractivity contribution >= 4 is 27.4 Å². The molecule has 0 fully saturated rings. The molecule has 0 aromatic heterocycles. The molecule has 0 spiro atoms. The maximum atomic E-state index is 12.3. The third-order valence-corrected chi connectivity index (χ3v) is 5.50. The molecule has 2 aromatic rings. The zero-order valence-corrected chi connectivity index (χ0v) is 16.8. The summed E-state index contributed by atoms with van der Waals surface area (Å²) < 4.78 is 25.5. The van der Waals surface area contributed by atoms with Gasteiger partial charge in [-0.05, 0) is 56.2 Å². The Morgan fingerprint density at radius 2 is 1.70 bits per heavy atom.